The number of aryl methyl sites for hydroxylation is 1. The number of carboxylic acids is 1. The third-order valence-electron chi connectivity index (χ3n) is 6.24. The van der Waals surface area contributed by atoms with Gasteiger partial charge in [-0.05, 0) is 19.8 Å². The average Bonchev–Trinajstić information content (AvgIpc) is 3.31. The number of likely N-dealkylation sites (tertiary alicyclic amines) is 2. The van der Waals surface area contributed by atoms with E-state index in [9.17, 15) is 14.7 Å². The quantitative estimate of drug-likeness (QED) is 0.863. The summed E-state index contributed by atoms with van der Waals surface area (Å²) in [6.07, 6.45) is 4.11. The SMILES string of the molecule is Cc1nonc1CN1C[C@H]2CN(C(=O)C3CCCC3)C[C@@]2(C(=O)O)C1. The molecule has 1 aromatic heterocycles. The van der Waals surface area contributed by atoms with E-state index < -0.39 is 11.4 Å². The van der Waals surface area contributed by atoms with Crippen molar-refractivity contribution in [1.29, 1.82) is 0 Å². The summed E-state index contributed by atoms with van der Waals surface area (Å²) in [7, 11) is 0. The molecular weight excluding hydrogens is 324 g/mol. The average molecular weight is 348 g/mol. The van der Waals surface area contributed by atoms with Crippen molar-refractivity contribution >= 4 is 11.9 Å². The molecule has 8 heteroatoms. The summed E-state index contributed by atoms with van der Waals surface area (Å²) in [5.41, 5.74) is 0.623. The molecule has 1 aromatic rings. The Hall–Kier alpha value is -1.96. The highest BCUT2D eigenvalue weighted by Crippen LogP contribution is 2.44. The molecular formula is C17H24N4O4. The molecule has 8 nitrogen and oxygen atoms in total. The molecule has 1 saturated carbocycles. The van der Waals surface area contributed by atoms with Crippen molar-refractivity contribution in [2.45, 2.75) is 39.2 Å². The Bertz CT molecular complexity index is 684. The number of carboxylic acid groups (broad SMARTS) is 1. The van der Waals surface area contributed by atoms with Gasteiger partial charge in [-0.1, -0.05) is 23.2 Å². The van der Waals surface area contributed by atoms with E-state index in [4.69, 9.17) is 4.63 Å². The molecule has 136 valence electrons. The molecule has 1 amide bonds. The first-order valence-corrected chi connectivity index (χ1v) is 9.02. The Morgan fingerprint density at radius 1 is 1.24 bits per heavy atom. The Labute approximate surface area is 146 Å². The van der Waals surface area contributed by atoms with Crippen molar-refractivity contribution in [3.05, 3.63) is 11.4 Å². The summed E-state index contributed by atoms with van der Waals surface area (Å²) in [6, 6.07) is 0. The van der Waals surface area contributed by atoms with Gasteiger partial charge in [0.25, 0.3) is 0 Å². The van der Waals surface area contributed by atoms with E-state index >= 15 is 0 Å². The fraction of sp³-hybridized carbons (Fsp3) is 0.765. The molecule has 0 bridgehead atoms. The maximum atomic E-state index is 12.7. The van der Waals surface area contributed by atoms with Crippen molar-refractivity contribution in [3.8, 4) is 0 Å². The first kappa shape index (κ1) is 16.5. The molecule has 0 spiro atoms. The summed E-state index contributed by atoms with van der Waals surface area (Å²) in [4.78, 5) is 28.7. The van der Waals surface area contributed by atoms with E-state index in [1.54, 1.807) is 0 Å². The maximum absolute atomic E-state index is 12.7. The van der Waals surface area contributed by atoms with Gasteiger partial charge in [0, 0.05) is 44.6 Å². The number of hydrogen-bond donors (Lipinski definition) is 1. The van der Waals surface area contributed by atoms with Crippen LogP contribution in [0.15, 0.2) is 4.63 Å². The van der Waals surface area contributed by atoms with Gasteiger partial charge in [-0.2, -0.15) is 0 Å². The zero-order valence-electron chi connectivity index (χ0n) is 14.5. The van der Waals surface area contributed by atoms with E-state index in [2.05, 4.69) is 15.2 Å². The molecule has 2 atom stereocenters. The second-order valence-electron chi connectivity index (χ2n) is 7.82. The van der Waals surface area contributed by atoms with Crippen molar-refractivity contribution < 1.29 is 19.3 Å². The Morgan fingerprint density at radius 3 is 2.60 bits per heavy atom. The molecule has 1 N–H and O–H groups in total. The van der Waals surface area contributed by atoms with Crippen LogP contribution < -0.4 is 0 Å². The molecule has 2 saturated heterocycles. The lowest BCUT2D eigenvalue weighted by Crippen LogP contribution is -2.43. The van der Waals surface area contributed by atoms with Gasteiger partial charge in [0.15, 0.2) is 0 Å². The number of aromatic nitrogens is 2. The predicted molar refractivity (Wildman–Crippen MR) is 86.4 cm³/mol. The van der Waals surface area contributed by atoms with Gasteiger partial charge >= 0.3 is 5.97 Å². The summed E-state index contributed by atoms with van der Waals surface area (Å²) in [5.74, 6) is -0.563. The Balaban J connectivity index is 1.47. The summed E-state index contributed by atoms with van der Waals surface area (Å²) in [6.45, 7) is 4.35. The lowest BCUT2D eigenvalue weighted by Gasteiger charge is -2.26. The number of carbonyl (C=O) groups is 2. The Morgan fingerprint density at radius 2 is 2.00 bits per heavy atom. The Kier molecular flexibility index (Phi) is 4.02. The highest BCUT2D eigenvalue weighted by atomic mass is 16.6. The van der Waals surface area contributed by atoms with Gasteiger partial charge in [0.2, 0.25) is 5.91 Å². The van der Waals surface area contributed by atoms with Crippen LogP contribution in [-0.2, 0) is 16.1 Å². The maximum Gasteiger partial charge on any atom is 0.313 e. The zero-order chi connectivity index (χ0) is 17.6. The van der Waals surface area contributed by atoms with Crippen LogP contribution >= 0.6 is 0 Å². The molecule has 0 unspecified atom stereocenters. The molecule has 3 aliphatic rings. The zero-order valence-corrected chi connectivity index (χ0v) is 14.5. The fourth-order valence-electron chi connectivity index (χ4n) is 4.80. The smallest absolute Gasteiger partial charge is 0.313 e. The molecule has 0 radical (unpaired) electrons. The van der Waals surface area contributed by atoms with E-state index in [0.717, 1.165) is 37.1 Å². The van der Waals surface area contributed by atoms with E-state index in [-0.39, 0.29) is 17.7 Å². The van der Waals surface area contributed by atoms with Gasteiger partial charge in [0.05, 0.1) is 0 Å². The minimum Gasteiger partial charge on any atom is -0.481 e. The third kappa shape index (κ3) is 2.72. The normalized spacial score (nSPS) is 30.1. The van der Waals surface area contributed by atoms with Crippen LogP contribution in [-0.4, -0.2) is 63.3 Å². The third-order valence-corrected chi connectivity index (χ3v) is 6.24. The highest BCUT2D eigenvalue weighted by Gasteiger charge is 2.58. The molecule has 3 heterocycles. The largest absolute Gasteiger partial charge is 0.481 e. The standard InChI is InChI=1S/C17H24N4O4/c1-11-14(19-25-18-11)8-20-6-13-7-21(10-17(13,9-20)16(23)24)15(22)12-4-2-3-5-12/h12-13H,2-10H2,1H3,(H,23,24)/t13-,17-/m0/s1. The molecule has 0 aromatic carbocycles. The lowest BCUT2D eigenvalue weighted by atomic mass is 9.81. The minimum absolute atomic E-state index is 0.0319. The summed E-state index contributed by atoms with van der Waals surface area (Å²) in [5, 5.41) is 17.6. The van der Waals surface area contributed by atoms with Gasteiger partial charge in [-0.3, -0.25) is 14.5 Å². The van der Waals surface area contributed by atoms with Crippen molar-refractivity contribution in [2.24, 2.45) is 17.3 Å². The van der Waals surface area contributed by atoms with Crippen LogP contribution in [0.5, 0.6) is 0 Å². The first-order valence-electron chi connectivity index (χ1n) is 9.02. The number of nitrogens with zero attached hydrogens (tertiary/aromatic N) is 4. The van der Waals surface area contributed by atoms with Gasteiger partial charge in [-0.25, -0.2) is 4.63 Å². The van der Waals surface area contributed by atoms with Crippen LogP contribution in [0, 0.1) is 24.2 Å². The van der Waals surface area contributed by atoms with Crippen molar-refractivity contribution in [2.75, 3.05) is 26.2 Å². The molecule has 1 aliphatic carbocycles. The number of carbonyl (C=O) groups excluding carboxylic acids is 1. The monoisotopic (exact) mass is 348 g/mol. The van der Waals surface area contributed by atoms with Crippen molar-refractivity contribution in [3.63, 3.8) is 0 Å². The number of rotatable bonds is 4. The van der Waals surface area contributed by atoms with E-state index in [0.29, 0.717) is 32.7 Å². The second-order valence-corrected chi connectivity index (χ2v) is 7.82. The molecule has 3 fully saturated rings. The fourth-order valence-corrected chi connectivity index (χ4v) is 4.80. The minimum atomic E-state index is -0.862. The summed E-state index contributed by atoms with van der Waals surface area (Å²) < 4.78 is 4.73. The van der Waals surface area contributed by atoms with E-state index in [1.165, 1.54) is 0 Å². The van der Waals surface area contributed by atoms with Crippen LogP contribution in [0.2, 0.25) is 0 Å². The number of fused-ring (bicyclic) bond motifs is 1. The number of amides is 1. The van der Waals surface area contributed by atoms with Crippen LogP contribution in [0.1, 0.15) is 37.1 Å². The van der Waals surface area contributed by atoms with Crippen LogP contribution in [0.4, 0.5) is 0 Å². The van der Waals surface area contributed by atoms with Gasteiger partial charge in [0.1, 0.15) is 16.8 Å². The number of hydrogen-bond acceptors (Lipinski definition) is 6. The molecule has 4 rings (SSSR count). The topological polar surface area (TPSA) is 99.8 Å². The predicted octanol–water partition coefficient (Wildman–Crippen LogP) is 0.913. The molecule has 25 heavy (non-hydrogen) atoms. The molecule has 2 aliphatic heterocycles. The van der Waals surface area contributed by atoms with E-state index in [1.807, 2.05) is 11.8 Å². The number of aliphatic carboxylic acids is 1. The van der Waals surface area contributed by atoms with Gasteiger partial charge in [-0.15, -0.1) is 0 Å². The second kappa shape index (κ2) is 6.09. The first-order chi connectivity index (χ1) is 12.0. The lowest BCUT2D eigenvalue weighted by molar-refractivity contribution is -0.149. The highest BCUT2D eigenvalue weighted by molar-refractivity contribution is 5.83. The van der Waals surface area contributed by atoms with Gasteiger partial charge < -0.3 is 10.0 Å². The summed E-state index contributed by atoms with van der Waals surface area (Å²) >= 11 is 0. The van der Waals surface area contributed by atoms with Crippen LogP contribution in [0.25, 0.3) is 0 Å². The van der Waals surface area contributed by atoms with Crippen LogP contribution in [0.3, 0.4) is 0 Å². The van der Waals surface area contributed by atoms with Crippen molar-refractivity contribution in [1.82, 2.24) is 20.1 Å².